The number of aromatic amines is 1. The molecule has 8 heteroatoms. The van der Waals surface area contributed by atoms with Gasteiger partial charge in [-0.1, -0.05) is 102 Å². The topological polar surface area (TPSA) is 107 Å². The van der Waals surface area contributed by atoms with Crippen molar-refractivity contribution >= 4 is 30.2 Å². The zero-order valence-electron chi connectivity index (χ0n) is 26.8. The highest BCUT2D eigenvalue weighted by atomic mass is 16.4. The van der Waals surface area contributed by atoms with E-state index in [-0.39, 0.29) is 23.3 Å². The van der Waals surface area contributed by atoms with Crippen molar-refractivity contribution < 1.29 is 14.7 Å². The number of benzene rings is 2. The summed E-state index contributed by atoms with van der Waals surface area (Å²) in [6.07, 6.45) is 14.1. The van der Waals surface area contributed by atoms with Crippen LogP contribution in [0.2, 0.25) is 0 Å². The molecule has 1 aromatic heterocycles. The fourth-order valence-electron chi connectivity index (χ4n) is 6.14. The van der Waals surface area contributed by atoms with E-state index < -0.39 is 5.97 Å². The molecule has 8 nitrogen and oxygen atoms in total. The van der Waals surface area contributed by atoms with Crippen LogP contribution in [0.3, 0.4) is 0 Å². The van der Waals surface area contributed by atoms with E-state index in [9.17, 15) is 14.4 Å². The normalized spacial score (nSPS) is 15.0. The Hall–Kier alpha value is -4.33. The fourth-order valence-corrected chi connectivity index (χ4v) is 6.14. The third-order valence-electron chi connectivity index (χ3n) is 8.68. The number of H-pyrrole nitrogens is 1. The first-order chi connectivity index (χ1) is 21.7. The molecular formula is C37H48N4O4. The summed E-state index contributed by atoms with van der Waals surface area (Å²) in [5.74, 6) is -0.667. The van der Waals surface area contributed by atoms with Crippen molar-refractivity contribution in [1.82, 2.24) is 15.1 Å². The van der Waals surface area contributed by atoms with E-state index in [1.54, 1.807) is 0 Å². The number of aliphatic carboxylic acids is 1. The maximum Gasteiger partial charge on any atom is 0.303 e. The van der Waals surface area contributed by atoms with Crippen LogP contribution < -0.4 is 26.3 Å². The second-order valence-electron chi connectivity index (χ2n) is 12.4. The number of para-hydroxylation sites is 2. The molecule has 240 valence electrons. The van der Waals surface area contributed by atoms with E-state index in [2.05, 4.69) is 47.9 Å². The quantitative estimate of drug-likeness (QED) is 0.174. The van der Waals surface area contributed by atoms with Gasteiger partial charge in [-0.25, -0.2) is 4.68 Å². The van der Waals surface area contributed by atoms with Crippen LogP contribution in [-0.2, 0) is 15.0 Å². The van der Waals surface area contributed by atoms with Gasteiger partial charge >= 0.3 is 5.97 Å². The molecule has 1 aliphatic rings. The number of unbranched alkanes of at least 4 members (excludes halogenated alkanes) is 8. The Morgan fingerprint density at radius 3 is 2.18 bits per heavy atom. The monoisotopic (exact) mass is 612 g/mol. The number of carbonyl (C=O) groups excluding carboxylic acids is 1. The number of hydrogen-bond donors (Lipinski definition) is 3. The molecule has 0 radical (unpaired) electrons. The summed E-state index contributed by atoms with van der Waals surface area (Å²) in [5, 5.41) is 15.9. The third kappa shape index (κ3) is 8.87. The van der Waals surface area contributed by atoms with E-state index in [0.29, 0.717) is 30.1 Å². The number of carboxylic acid groups (broad SMARTS) is 1. The molecule has 1 aliphatic heterocycles. The lowest BCUT2D eigenvalue weighted by atomic mass is 9.84. The zero-order chi connectivity index (χ0) is 32.2. The maximum atomic E-state index is 13.3. The van der Waals surface area contributed by atoms with Gasteiger partial charge in [0.1, 0.15) is 0 Å². The molecule has 2 aromatic carbocycles. The van der Waals surface area contributed by atoms with Gasteiger partial charge in [-0.05, 0) is 48.8 Å². The first-order valence-corrected chi connectivity index (χ1v) is 16.3. The lowest BCUT2D eigenvalue weighted by Gasteiger charge is -2.26. The Bertz CT molecular complexity index is 1630. The van der Waals surface area contributed by atoms with Crippen molar-refractivity contribution in [2.45, 2.75) is 89.9 Å². The number of carbonyl (C=O) groups is 2. The second kappa shape index (κ2) is 16.1. The van der Waals surface area contributed by atoms with E-state index in [4.69, 9.17) is 5.11 Å². The van der Waals surface area contributed by atoms with Gasteiger partial charge in [0.2, 0.25) is 5.91 Å². The fraction of sp³-hybridized carbons (Fsp3) is 0.432. The van der Waals surface area contributed by atoms with E-state index >= 15 is 0 Å². The molecular weight excluding hydrogens is 564 g/mol. The molecule has 3 aromatic rings. The van der Waals surface area contributed by atoms with Gasteiger partial charge in [0.25, 0.3) is 5.56 Å². The summed E-state index contributed by atoms with van der Waals surface area (Å²) in [7, 11) is 0. The number of allylic oxidation sites excluding steroid dienone is 2. The Morgan fingerprint density at radius 1 is 0.867 bits per heavy atom. The lowest BCUT2D eigenvalue weighted by Crippen LogP contribution is -2.34. The number of nitrogens with zero attached hydrogens (tertiary/aromatic N) is 2. The van der Waals surface area contributed by atoms with Crippen molar-refractivity contribution in [1.29, 1.82) is 0 Å². The Kier molecular flexibility index (Phi) is 12.0. The van der Waals surface area contributed by atoms with Gasteiger partial charge in [-0.15, -0.1) is 0 Å². The largest absolute Gasteiger partial charge is 0.481 e. The SMILES string of the molecule is C=c1[nH]n(-c2ccccc2)c(=O)/c1=C/C=C1N(CCC(=O)NCCCCCCCCCCCC(=O)O)c2ccccc2C1(C)C. The van der Waals surface area contributed by atoms with Crippen LogP contribution in [0.25, 0.3) is 18.3 Å². The minimum absolute atomic E-state index is 0.0401. The van der Waals surface area contributed by atoms with Crippen LogP contribution in [0.15, 0.2) is 71.2 Å². The molecule has 3 N–H and O–H groups in total. The second-order valence-corrected chi connectivity index (χ2v) is 12.4. The van der Waals surface area contributed by atoms with Gasteiger partial charge in [-0.2, -0.15) is 0 Å². The standard InChI is InChI=1S/C37H48N4O4/c1-28-30(36(45)41(39-28)29-18-12-11-13-19-29)23-24-33-37(2,3)31-20-15-16-21-32(31)40(33)27-25-34(42)38-26-17-10-8-6-4-5-7-9-14-22-35(43)44/h11-13,15-16,18-21,23-24,39H,1,4-10,14,17,22,25-27H2,2-3H3,(H,38,42)(H,43,44)/b30-23+,33-24?. The smallest absolute Gasteiger partial charge is 0.303 e. The molecule has 0 fully saturated rings. The summed E-state index contributed by atoms with van der Waals surface area (Å²) in [6.45, 7) is 9.65. The molecule has 0 spiro atoms. The molecule has 0 bridgehead atoms. The summed E-state index contributed by atoms with van der Waals surface area (Å²) in [4.78, 5) is 38.9. The first-order valence-electron chi connectivity index (χ1n) is 16.3. The molecule has 0 aliphatic carbocycles. The zero-order valence-corrected chi connectivity index (χ0v) is 26.8. The Labute approximate surface area is 266 Å². The molecule has 0 atom stereocenters. The number of fused-ring (bicyclic) bond motifs is 1. The van der Waals surface area contributed by atoms with Gasteiger partial charge in [0.15, 0.2) is 0 Å². The molecule has 45 heavy (non-hydrogen) atoms. The number of nitrogens with one attached hydrogen (secondary N) is 2. The van der Waals surface area contributed by atoms with Crippen LogP contribution in [-0.4, -0.2) is 39.9 Å². The average molecular weight is 613 g/mol. The predicted octanol–water partition coefficient (Wildman–Crippen LogP) is 5.53. The third-order valence-corrected chi connectivity index (χ3v) is 8.68. The number of rotatable bonds is 17. The van der Waals surface area contributed by atoms with Crippen LogP contribution >= 0.6 is 0 Å². The number of carboxylic acids is 1. The highest BCUT2D eigenvalue weighted by molar-refractivity contribution is 5.78. The lowest BCUT2D eigenvalue weighted by molar-refractivity contribution is -0.137. The van der Waals surface area contributed by atoms with Crippen molar-refractivity contribution in [3.8, 4) is 5.69 Å². The number of hydrogen-bond acceptors (Lipinski definition) is 4. The predicted molar refractivity (Wildman–Crippen MR) is 182 cm³/mol. The maximum absolute atomic E-state index is 13.3. The highest BCUT2D eigenvalue weighted by Crippen LogP contribution is 2.47. The molecule has 0 saturated carbocycles. The van der Waals surface area contributed by atoms with Gasteiger partial charge in [0, 0.05) is 42.7 Å². The van der Waals surface area contributed by atoms with Crippen LogP contribution in [0.4, 0.5) is 5.69 Å². The Morgan fingerprint density at radius 2 is 1.49 bits per heavy atom. The van der Waals surface area contributed by atoms with Crippen molar-refractivity contribution in [3.05, 3.63) is 92.9 Å². The minimum Gasteiger partial charge on any atom is -0.481 e. The first kappa shape index (κ1) is 33.6. The highest BCUT2D eigenvalue weighted by Gasteiger charge is 2.39. The van der Waals surface area contributed by atoms with Gasteiger partial charge < -0.3 is 15.3 Å². The van der Waals surface area contributed by atoms with E-state index in [1.165, 1.54) is 23.1 Å². The Balaban J connectivity index is 1.32. The van der Waals surface area contributed by atoms with Crippen LogP contribution in [0.5, 0.6) is 0 Å². The number of amides is 1. The van der Waals surface area contributed by atoms with E-state index in [1.807, 2.05) is 54.6 Å². The van der Waals surface area contributed by atoms with Crippen molar-refractivity contribution in [2.24, 2.45) is 0 Å². The number of anilines is 1. The molecule has 4 rings (SSSR count). The van der Waals surface area contributed by atoms with Gasteiger partial charge in [0.05, 0.1) is 16.3 Å². The van der Waals surface area contributed by atoms with Crippen molar-refractivity contribution in [2.75, 3.05) is 18.0 Å². The van der Waals surface area contributed by atoms with Crippen molar-refractivity contribution in [3.63, 3.8) is 0 Å². The molecule has 1 amide bonds. The minimum atomic E-state index is -0.707. The molecule has 0 saturated heterocycles. The number of aromatic nitrogens is 2. The molecule has 2 heterocycles. The summed E-state index contributed by atoms with van der Waals surface area (Å²) >= 11 is 0. The van der Waals surface area contributed by atoms with Crippen LogP contribution in [0.1, 0.15) is 90.0 Å². The van der Waals surface area contributed by atoms with E-state index in [0.717, 1.165) is 62.0 Å². The van der Waals surface area contributed by atoms with Crippen LogP contribution in [0, 0.1) is 0 Å². The average Bonchev–Trinajstić information content (AvgIpc) is 3.43. The summed E-state index contributed by atoms with van der Waals surface area (Å²) in [6, 6.07) is 17.7. The summed E-state index contributed by atoms with van der Waals surface area (Å²) in [5.41, 5.74) is 3.60. The van der Waals surface area contributed by atoms with Gasteiger partial charge in [-0.3, -0.25) is 19.5 Å². The molecule has 0 unspecified atom stereocenters. The summed E-state index contributed by atoms with van der Waals surface area (Å²) < 4.78 is 1.51.